The molecule has 0 aliphatic carbocycles. The zero-order valence-corrected chi connectivity index (χ0v) is 12.3. The molecule has 0 unspecified atom stereocenters. The van der Waals surface area contributed by atoms with Gasteiger partial charge >= 0.3 is 0 Å². The summed E-state index contributed by atoms with van der Waals surface area (Å²) in [6.45, 7) is 4.04. The first-order valence-corrected chi connectivity index (χ1v) is 6.78. The van der Waals surface area contributed by atoms with Gasteiger partial charge < -0.3 is 0 Å². The van der Waals surface area contributed by atoms with Gasteiger partial charge in [0.2, 0.25) is 0 Å². The van der Waals surface area contributed by atoms with Crippen molar-refractivity contribution >= 4 is 29.0 Å². The third-order valence-electron chi connectivity index (χ3n) is 3.22. The smallest absolute Gasteiger partial charge is 0.167 e. The number of Topliss-reactive ketones (excluding diaryl/α,β-unsaturated/α-hetero) is 1. The molecule has 0 aliphatic heterocycles. The third kappa shape index (κ3) is 3.17. The zero-order chi connectivity index (χ0) is 14.0. The maximum absolute atomic E-state index is 12.3. The van der Waals surface area contributed by atoms with E-state index in [-0.39, 0.29) is 5.78 Å². The summed E-state index contributed by atoms with van der Waals surface area (Å²) < 4.78 is 0. The van der Waals surface area contributed by atoms with E-state index in [0.29, 0.717) is 22.0 Å². The maximum atomic E-state index is 12.3. The molecule has 0 heterocycles. The number of aryl methyl sites for hydroxylation is 2. The molecule has 2 rings (SSSR count). The Morgan fingerprint density at radius 2 is 1.63 bits per heavy atom. The largest absolute Gasteiger partial charge is 0.294 e. The molecule has 0 aliphatic rings. The summed E-state index contributed by atoms with van der Waals surface area (Å²) in [5.74, 6) is 0.0518. The number of rotatable bonds is 3. The standard InChI is InChI=1S/C16H14Cl2O/c1-10-4-3-5-11(2)13(10)9-16(19)12-6-7-14(17)15(18)8-12/h3-8H,9H2,1-2H3. The molecule has 0 spiro atoms. The third-order valence-corrected chi connectivity index (χ3v) is 3.96. The van der Waals surface area contributed by atoms with Crippen LogP contribution in [0.4, 0.5) is 0 Å². The van der Waals surface area contributed by atoms with Crippen LogP contribution in [0.2, 0.25) is 10.0 Å². The number of halogens is 2. The van der Waals surface area contributed by atoms with Crippen molar-refractivity contribution in [2.45, 2.75) is 20.3 Å². The summed E-state index contributed by atoms with van der Waals surface area (Å²) in [7, 11) is 0. The van der Waals surface area contributed by atoms with Crippen LogP contribution in [-0.2, 0) is 6.42 Å². The molecule has 0 radical (unpaired) electrons. The minimum Gasteiger partial charge on any atom is -0.294 e. The Morgan fingerprint density at radius 3 is 2.21 bits per heavy atom. The van der Waals surface area contributed by atoms with E-state index < -0.39 is 0 Å². The van der Waals surface area contributed by atoms with Crippen LogP contribution in [0.5, 0.6) is 0 Å². The molecule has 3 heteroatoms. The van der Waals surface area contributed by atoms with Gasteiger partial charge in [-0.05, 0) is 48.7 Å². The van der Waals surface area contributed by atoms with Crippen molar-refractivity contribution in [3.63, 3.8) is 0 Å². The molecule has 2 aromatic carbocycles. The van der Waals surface area contributed by atoms with Crippen molar-refractivity contribution in [2.24, 2.45) is 0 Å². The molecule has 2 aromatic rings. The zero-order valence-electron chi connectivity index (χ0n) is 10.8. The van der Waals surface area contributed by atoms with E-state index in [1.54, 1.807) is 18.2 Å². The highest BCUT2D eigenvalue weighted by Crippen LogP contribution is 2.24. The summed E-state index contributed by atoms with van der Waals surface area (Å²) in [4.78, 5) is 12.3. The lowest BCUT2D eigenvalue weighted by atomic mass is 9.96. The average molecular weight is 293 g/mol. The first-order chi connectivity index (χ1) is 8.99. The lowest BCUT2D eigenvalue weighted by Crippen LogP contribution is -2.06. The molecule has 0 N–H and O–H groups in total. The van der Waals surface area contributed by atoms with Crippen molar-refractivity contribution in [1.29, 1.82) is 0 Å². The van der Waals surface area contributed by atoms with Gasteiger partial charge in [0.1, 0.15) is 0 Å². The van der Waals surface area contributed by atoms with Crippen LogP contribution < -0.4 is 0 Å². The lowest BCUT2D eigenvalue weighted by Gasteiger charge is -2.09. The molecule has 0 amide bonds. The predicted molar refractivity (Wildman–Crippen MR) is 80.4 cm³/mol. The van der Waals surface area contributed by atoms with Gasteiger partial charge in [-0.15, -0.1) is 0 Å². The van der Waals surface area contributed by atoms with Crippen LogP contribution in [0.1, 0.15) is 27.0 Å². The van der Waals surface area contributed by atoms with E-state index in [1.165, 1.54) is 0 Å². The highest BCUT2D eigenvalue weighted by Gasteiger charge is 2.12. The maximum Gasteiger partial charge on any atom is 0.167 e. The van der Waals surface area contributed by atoms with Crippen molar-refractivity contribution in [3.8, 4) is 0 Å². The molecule has 0 fully saturated rings. The summed E-state index contributed by atoms with van der Waals surface area (Å²) in [6, 6.07) is 11.0. The fourth-order valence-corrected chi connectivity index (χ4v) is 2.36. The summed E-state index contributed by atoms with van der Waals surface area (Å²) in [6.07, 6.45) is 0.385. The van der Waals surface area contributed by atoms with Crippen LogP contribution >= 0.6 is 23.2 Å². The van der Waals surface area contributed by atoms with Gasteiger partial charge in [0, 0.05) is 12.0 Å². The van der Waals surface area contributed by atoms with Gasteiger partial charge in [0.15, 0.2) is 5.78 Å². The number of carbonyl (C=O) groups is 1. The Balaban J connectivity index is 2.28. The molecule has 98 valence electrons. The fraction of sp³-hybridized carbons (Fsp3) is 0.188. The fourth-order valence-electron chi connectivity index (χ4n) is 2.06. The molecular formula is C16H14Cl2O. The monoisotopic (exact) mass is 292 g/mol. The molecule has 1 nitrogen and oxygen atoms in total. The molecule has 0 saturated heterocycles. The van der Waals surface area contributed by atoms with E-state index in [1.807, 2.05) is 32.0 Å². The van der Waals surface area contributed by atoms with Crippen LogP contribution in [-0.4, -0.2) is 5.78 Å². The molecule has 0 aromatic heterocycles. The number of ketones is 1. The summed E-state index contributed by atoms with van der Waals surface area (Å²) >= 11 is 11.8. The number of carbonyl (C=O) groups excluding carboxylic acids is 1. The van der Waals surface area contributed by atoms with Crippen LogP contribution in [0, 0.1) is 13.8 Å². The van der Waals surface area contributed by atoms with Crippen molar-refractivity contribution in [1.82, 2.24) is 0 Å². The Bertz CT molecular complexity index is 612. The van der Waals surface area contributed by atoms with Crippen LogP contribution in [0.25, 0.3) is 0 Å². The number of hydrogen-bond donors (Lipinski definition) is 0. The topological polar surface area (TPSA) is 17.1 Å². The van der Waals surface area contributed by atoms with E-state index >= 15 is 0 Å². The molecule has 0 bridgehead atoms. The van der Waals surface area contributed by atoms with E-state index in [9.17, 15) is 4.79 Å². The minimum atomic E-state index is 0.0518. The SMILES string of the molecule is Cc1cccc(C)c1CC(=O)c1ccc(Cl)c(Cl)c1. The molecule has 19 heavy (non-hydrogen) atoms. The second-order valence-corrected chi connectivity index (χ2v) is 5.41. The second kappa shape index (κ2) is 5.77. The van der Waals surface area contributed by atoms with Gasteiger partial charge in [0.05, 0.1) is 10.0 Å². The second-order valence-electron chi connectivity index (χ2n) is 4.60. The van der Waals surface area contributed by atoms with Gasteiger partial charge in [0.25, 0.3) is 0 Å². The van der Waals surface area contributed by atoms with E-state index in [0.717, 1.165) is 16.7 Å². The first kappa shape index (κ1) is 14.1. The number of hydrogen-bond acceptors (Lipinski definition) is 1. The van der Waals surface area contributed by atoms with Gasteiger partial charge in [-0.3, -0.25) is 4.79 Å². The normalized spacial score (nSPS) is 10.5. The first-order valence-electron chi connectivity index (χ1n) is 6.02. The van der Waals surface area contributed by atoms with Gasteiger partial charge in [-0.1, -0.05) is 41.4 Å². The quantitative estimate of drug-likeness (QED) is 0.725. The van der Waals surface area contributed by atoms with Crippen LogP contribution in [0.15, 0.2) is 36.4 Å². The predicted octanol–water partition coefficient (Wildman–Crippen LogP) is 5.04. The van der Waals surface area contributed by atoms with Gasteiger partial charge in [-0.25, -0.2) is 0 Å². The van der Waals surface area contributed by atoms with Crippen molar-refractivity contribution in [2.75, 3.05) is 0 Å². The van der Waals surface area contributed by atoms with E-state index in [2.05, 4.69) is 0 Å². The summed E-state index contributed by atoms with van der Waals surface area (Å²) in [5, 5.41) is 0.874. The highest BCUT2D eigenvalue weighted by atomic mass is 35.5. The minimum absolute atomic E-state index is 0.0518. The van der Waals surface area contributed by atoms with Crippen LogP contribution in [0.3, 0.4) is 0 Å². The Labute approximate surface area is 123 Å². The molecule has 0 saturated carbocycles. The van der Waals surface area contributed by atoms with Gasteiger partial charge in [-0.2, -0.15) is 0 Å². The Morgan fingerprint density at radius 1 is 1.00 bits per heavy atom. The Kier molecular flexibility index (Phi) is 4.28. The molecular weight excluding hydrogens is 279 g/mol. The van der Waals surface area contributed by atoms with E-state index in [4.69, 9.17) is 23.2 Å². The highest BCUT2D eigenvalue weighted by molar-refractivity contribution is 6.42. The molecule has 0 atom stereocenters. The number of benzene rings is 2. The Hall–Kier alpha value is -1.31. The summed E-state index contributed by atoms with van der Waals surface area (Å²) in [5.41, 5.74) is 3.94. The van der Waals surface area contributed by atoms with Crippen molar-refractivity contribution in [3.05, 3.63) is 68.7 Å². The van der Waals surface area contributed by atoms with Crippen molar-refractivity contribution < 1.29 is 4.79 Å². The average Bonchev–Trinajstić information content (AvgIpc) is 2.37. The lowest BCUT2D eigenvalue weighted by molar-refractivity contribution is 0.0992.